The first-order chi connectivity index (χ1) is 11.1. The highest BCUT2D eigenvalue weighted by Crippen LogP contribution is 2.12. The molecule has 0 saturated carbocycles. The van der Waals surface area contributed by atoms with Gasteiger partial charge in [-0.3, -0.25) is 9.59 Å². The lowest BCUT2D eigenvalue weighted by atomic mass is 10.1. The fourth-order valence-corrected chi connectivity index (χ4v) is 2.06. The van der Waals surface area contributed by atoms with Gasteiger partial charge in [-0.05, 0) is 37.3 Å². The number of nitrogens with zero attached hydrogens (tertiary/aromatic N) is 1. The van der Waals surface area contributed by atoms with Gasteiger partial charge in [0.05, 0.1) is 11.6 Å². The van der Waals surface area contributed by atoms with Crippen molar-refractivity contribution in [2.45, 2.75) is 13.3 Å². The third-order valence-electron chi connectivity index (χ3n) is 3.23. The number of amides is 1. The molecule has 5 heteroatoms. The van der Waals surface area contributed by atoms with Crippen molar-refractivity contribution in [2.75, 3.05) is 17.2 Å². The summed E-state index contributed by atoms with van der Waals surface area (Å²) < 4.78 is 0. The summed E-state index contributed by atoms with van der Waals surface area (Å²) in [5, 5.41) is 14.7. The van der Waals surface area contributed by atoms with Gasteiger partial charge in [0.25, 0.3) is 0 Å². The molecular weight excluding hydrogens is 290 g/mol. The number of anilines is 2. The summed E-state index contributed by atoms with van der Waals surface area (Å²) >= 11 is 0. The van der Waals surface area contributed by atoms with Crippen LogP contribution >= 0.6 is 0 Å². The van der Waals surface area contributed by atoms with Gasteiger partial charge in [-0.1, -0.05) is 18.2 Å². The number of carbonyl (C=O) groups is 2. The highest BCUT2D eigenvalue weighted by molar-refractivity contribution is 5.95. The minimum absolute atomic E-state index is 0.00349. The molecule has 0 heterocycles. The zero-order valence-electron chi connectivity index (χ0n) is 12.8. The Morgan fingerprint density at radius 3 is 2.57 bits per heavy atom. The molecule has 0 fully saturated rings. The Morgan fingerprint density at radius 2 is 1.83 bits per heavy atom. The summed E-state index contributed by atoms with van der Waals surface area (Å²) in [5.41, 5.74) is 2.54. The number of carbonyl (C=O) groups excluding carboxylic acids is 2. The lowest BCUT2D eigenvalue weighted by Crippen LogP contribution is -2.16. The molecule has 0 aliphatic carbocycles. The van der Waals surface area contributed by atoms with Gasteiger partial charge >= 0.3 is 0 Å². The summed E-state index contributed by atoms with van der Waals surface area (Å²) in [4.78, 5) is 23.2. The van der Waals surface area contributed by atoms with Crippen LogP contribution in [-0.2, 0) is 4.79 Å². The van der Waals surface area contributed by atoms with Crippen LogP contribution in [0.5, 0.6) is 0 Å². The fraction of sp³-hybridized carbons (Fsp3) is 0.167. The minimum atomic E-state index is -0.143. The van der Waals surface area contributed by atoms with Crippen LogP contribution in [0.15, 0.2) is 48.5 Å². The Balaban J connectivity index is 1.84. The second-order valence-corrected chi connectivity index (χ2v) is 5.05. The zero-order valence-corrected chi connectivity index (χ0v) is 12.8. The Labute approximate surface area is 134 Å². The van der Waals surface area contributed by atoms with Crippen molar-refractivity contribution in [3.63, 3.8) is 0 Å². The summed E-state index contributed by atoms with van der Waals surface area (Å²) in [5.74, 6) is -0.140. The van der Waals surface area contributed by atoms with E-state index in [1.807, 2.05) is 12.1 Å². The number of benzene rings is 2. The lowest BCUT2D eigenvalue weighted by Gasteiger charge is -2.08. The van der Waals surface area contributed by atoms with Crippen LogP contribution in [0.4, 0.5) is 11.4 Å². The summed E-state index contributed by atoms with van der Waals surface area (Å²) in [6.07, 6.45) is 0.279. The standard InChI is InChI=1S/C18H17N3O2/c1-13(22)15-5-3-6-16(11-15)20-9-8-18(23)21-17-7-2-4-14(10-17)12-19/h2-7,10-11,20H,8-9H2,1H3,(H,21,23). The van der Waals surface area contributed by atoms with E-state index >= 15 is 0 Å². The SMILES string of the molecule is CC(=O)c1cccc(NCCC(=O)Nc2cccc(C#N)c2)c1. The molecule has 116 valence electrons. The van der Waals surface area contributed by atoms with Crippen molar-refractivity contribution in [3.05, 3.63) is 59.7 Å². The Kier molecular flexibility index (Phi) is 5.48. The number of Topliss-reactive ketones (excluding diaryl/α,β-unsaturated/α-hetero) is 1. The van der Waals surface area contributed by atoms with E-state index in [0.717, 1.165) is 5.69 Å². The number of hydrogen-bond donors (Lipinski definition) is 2. The van der Waals surface area contributed by atoms with Gasteiger partial charge in [-0.15, -0.1) is 0 Å². The van der Waals surface area contributed by atoms with Crippen LogP contribution in [0.1, 0.15) is 29.3 Å². The molecule has 1 amide bonds. The van der Waals surface area contributed by atoms with Crippen LogP contribution in [0.25, 0.3) is 0 Å². The molecule has 5 nitrogen and oxygen atoms in total. The van der Waals surface area contributed by atoms with Crippen molar-refractivity contribution >= 4 is 23.1 Å². The van der Waals surface area contributed by atoms with E-state index in [0.29, 0.717) is 23.4 Å². The van der Waals surface area contributed by atoms with Crippen molar-refractivity contribution in [2.24, 2.45) is 0 Å². The van der Waals surface area contributed by atoms with Crippen LogP contribution in [0.3, 0.4) is 0 Å². The van der Waals surface area contributed by atoms with E-state index in [1.54, 1.807) is 42.5 Å². The molecule has 0 aliphatic heterocycles. The van der Waals surface area contributed by atoms with E-state index in [-0.39, 0.29) is 18.1 Å². The Hall–Kier alpha value is -3.13. The molecule has 0 aromatic heterocycles. The summed E-state index contributed by atoms with van der Waals surface area (Å²) in [6, 6.07) is 16.0. The summed E-state index contributed by atoms with van der Waals surface area (Å²) in [6.45, 7) is 1.97. The molecule has 2 aromatic rings. The molecule has 0 unspecified atom stereocenters. The molecule has 0 bridgehead atoms. The average Bonchev–Trinajstić information content (AvgIpc) is 2.55. The van der Waals surface area contributed by atoms with Crippen LogP contribution in [-0.4, -0.2) is 18.2 Å². The van der Waals surface area contributed by atoms with E-state index in [2.05, 4.69) is 10.6 Å². The second-order valence-electron chi connectivity index (χ2n) is 5.05. The number of nitriles is 1. The molecule has 0 atom stereocenters. The molecule has 0 aliphatic rings. The van der Waals surface area contributed by atoms with Crippen molar-refractivity contribution < 1.29 is 9.59 Å². The van der Waals surface area contributed by atoms with Crippen LogP contribution < -0.4 is 10.6 Å². The quantitative estimate of drug-likeness (QED) is 0.803. The first kappa shape index (κ1) is 16.2. The van der Waals surface area contributed by atoms with Gasteiger partial charge in [0.15, 0.2) is 5.78 Å². The predicted octanol–water partition coefficient (Wildman–Crippen LogP) is 3.20. The normalized spacial score (nSPS) is 9.74. The molecule has 0 spiro atoms. The van der Waals surface area contributed by atoms with Crippen LogP contribution in [0, 0.1) is 11.3 Å². The lowest BCUT2D eigenvalue weighted by molar-refractivity contribution is -0.115. The maximum atomic E-state index is 11.9. The first-order valence-corrected chi connectivity index (χ1v) is 7.23. The van der Waals surface area contributed by atoms with E-state index in [9.17, 15) is 9.59 Å². The van der Waals surface area contributed by atoms with Crippen molar-refractivity contribution in [3.8, 4) is 6.07 Å². The van der Waals surface area contributed by atoms with Gasteiger partial charge in [0.1, 0.15) is 0 Å². The van der Waals surface area contributed by atoms with Crippen molar-refractivity contribution in [1.82, 2.24) is 0 Å². The van der Waals surface area contributed by atoms with Gasteiger partial charge in [-0.2, -0.15) is 5.26 Å². The third-order valence-corrected chi connectivity index (χ3v) is 3.23. The van der Waals surface area contributed by atoms with Gasteiger partial charge < -0.3 is 10.6 Å². The maximum Gasteiger partial charge on any atom is 0.226 e. The molecule has 2 rings (SSSR count). The second kappa shape index (κ2) is 7.76. The molecule has 2 aromatic carbocycles. The molecule has 23 heavy (non-hydrogen) atoms. The molecule has 2 N–H and O–H groups in total. The van der Waals surface area contributed by atoms with Gasteiger partial charge in [0.2, 0.25) is 5.91 Å². The molecule has 0 radical (unpaired) electrons. The number of nitrogens with one attached hydrogen (secondary N) is 2. The first-order valence-electron chi connectivity index (χ1n) is 7.23. The highest BCUT2D eigenvalue weighted by Gasteiger charge is 2.04. The van der Waals surface area contributed by atoms with E-state index in [4.69, 9.17) is 5.26 Å². The average molecular weight is 307 g/mol. The molecule has 0 saturated heterocycles. The topological polar surface area (TPSA) is 82.0 Å². The maximum absolute atomic E-state index is 11.9. The number of hydrogen-bond acceptors (Lipinski definition) is 4. The smallest absolute Gasteiger partial charge is 0.226 e. The minimum Gasteiger partial charge on any atom is -0.385 e. The summed E-state index contributed by atoms with van der Waals surface area (Å²) in [7, 11) is 0. The van der Waals surface area contributed by atoms with Gasteiger partial charge in [-0.25, -0.2) is 0 Å². The Bertz CT molecular complexity index is 763. The van der Waals surface area contributed by atoms with E-state index < -0.39 is 0 Å². The van der Waals surface area contributed by atoms with Crippen molar-refractivity contribution in [1.29, 1.82) is 5.26 Å². The zero-order chi connectivity index (χ0) is 16.7. The largest absolute Gasteiger partial charge is 0.385 e. The number of rotatable bonds is 6. The van der Waals surface area contributed by atoms with Crippen LogP contribution in [0.2, 0.25) is 0 Å². The number of ketones is 1. The predicted molar refractivity (Wildman–Crippen MR) is 89.3 cm³/mol. The highest BCUT2D eigenvalue weighted by atomic mass is 16.1. The van der Waals surface area contributed by atoms with E-state index in [1.165, 1.54) is 6.92 Å². The fourth-order valence-electron chi connectivity index (χ4n) is 2.06. The molecular formula is C18H17N3O2. The van der Waals surface area contributed by atoms with Gasteiger partial charge in [0, 0.05) is 29.9 Å². The third kappa shape index (κ3) is 4.97. The Morgan fingerprint density at radius 1 is 1.09 bits per heavy atom. The monoisotopic (exact) mass is 307 g/mol.